The first kappa shape index (κ1) is 15.2. The van der Waals surface area contributed by atoms with Crippen molar-refractivity contribution < 1.29 is 18.4 Å². The van der Waals surface area contributed by atoms with Crippen molar-refractivity contribution in [2.75, 3.05) is 11.4 Å². The Hall–Kier alpha value is -2.70. The molecule has 3 rings (SSSR count). The molecule has 1 aliphatic heterocycles. The molecule has 2 aromatic rings. The van der Waals surface area contributed by atoms with Crippen LogP contribution in [0.4, 0.5) is 10.1 Å². The van der Waals surface area contributed by atoms with E-state index in [2.05, 4.69) is 10.3 Å². The van der Waals surface area contributed by atoms with E-state index in [9.17, 15) is 14.0 Å². The molecule has 0 saturated carbocycles. The zero-order valence-electron chi connectivity index (χ0n) is 12.6. The largest absolute Gasteiger partial charge is 0.448 e. The van der Waals surface area contributed by atoms with Crippen molar-refractivity contribution in [2.24, 2.45) is 0 Å². The summed E-state index contributed by atoms with van der Waals surface area (Å²) >= 11 is 0. The second-order valence-corrected chi connectivity index (χ2v) is 5.37. The maximum absolute atomic E-state index is 13.9. The highest BCUT2D eigenvalue weighted by Crippen LogP contribution is 2.24. The fraction of sp³-hybridized carbons (Fsp3) is 0.312. The van der Waals surface area contributed by atoms with Crippen molar-refractivity contribution in [3.05, 3.63) is 47.9 Å². The number of rotatable bonds is 3. The van der Waals surface area contributed by atoms with Gasteiger partial charge in [-0.05, 0) is 31.9 Å². The van der Waals surface area contributed by atoms with Crippen LogP contribution < -0.4 is 10.2 Å². The van der Waals surface area contributed by atoms with Crippen molar-refractivity contribution >= 4 is 17.5 Å². The van der Waals surface area contributed by atoms with Gasteiger partial charge in [0, 0.05) is 6.54 Å². The zero-order valence-corrected chi connectivity index (χ0v) is 12.6. The minimum Gasteiger partial charge on any atom is -0.448 e. The Bertz CT molecular complexity index is 744. The Morgan fingerprint density at radius 2 is 2.22 bits per heavy atom. The van der Waals surface area contributed by atoms with E-state index in [0.717, 1.165) is 0 Å². The van der Waals surface area contributed by atoms with Gasteiger partial charge in [-0.15, -0.1) is 0 Å². The summed E-state index contributed by atoms with van der Waals surface area (Å²) in [5.74, 6) is -0.863. The predicted molar refractivity (Wildman–Crippen MR) is 80.5 cm³/mol. The molecular formula is C16H16FN3O3. The highest BCUT2D eigenvalue weighted by molar-refractivity contribution is 6.02. The van der Waals surface area contributed by atoms with Crippen molar-refractivity contribution in [3.63, 3.8) is 0 Å². The number of para-hydroxylation sites is 1. The van der Waals surface area contributed by atoms with Gasteiger partial charge in [0.15, 0.2) is 12.1 Å². The number of hydrogen-bond acceptors (Lipinski definition) is 4. The first-order chi connectivity index (χ1) is 11.1. The minimum atomic E-state index is -0.702. The molecule has 1 saturated heterocycles. The van der Waals surface area contributed by atoms with Gasteiger partial charge < -0.3 is 14.6 Å². The average Bonchev–Trinajstić information content (AvgIpc) is 2.96. The zero-order chi connectivity index (χ0) is 16.4. The predicted octanol–water partition coefficient (Wildman–Crippen LogP) is 2.05. The van der Waals surface area contributed by atoms with Crippen LogP contribution in [0.2, 0.25) is 0 Å². The Kier molecular flexibility index (Phi) is 4.10. The topological polar surface area (TPSA) is 75.4 Å². The van der Waals surface area contributed by atoms with Crippen LogP contribution in [0.15, 0.2) is 35.1 Å². The molecular weight excluding hydrogens is 301 g/mol. The Balaban J connectivity index is 1.77. The van der Waals surface area contributed by atoms with Gasteiger partial charge >= 0.3 is 0 Å². The number of nitrogens with zero attached hydrogens (tertiary/aromatic N) is 2. The first-order valence-electron chi connectivity index (χ1n) is 7.35. The number of aromatic nitrogens is 1. The summed E-state index contributed by atoms with van der Waals surface area (Å²) in [5.41, 5.74) is 0.384. The fourth-order valence-electron chi connectivity index (χ4n) is 2.67. The number of carbonyl (C=O) groups excluding carboxylic acids is 2. The SMILES string of the molecule is Cc1ocnc1C(=O)N[C@H]1CCCN(c2ccccc2F)C1=O. The Labute approximate surface area is 132 Å². The van der Waals surface area contributed by atoms with Gasteiger partial charge in [-0.2, -0.15) is 0 Å². The molecule has 6 nitrogen and oxygen atoms in total. The highest BCUT2D eigenvalue weighted by Gasteiger charge is 2.32. The molecule has 7 heteroatoms. The third-order valence-electron chi connectivity index (χ3n) is 3.85. The maximum atomic E-state index is 13.9. The third kappa shape index (κ3) is 2.94. The van der Waals surface area contributed by atoms with Crippen LogP contribution in [0, 0.1) is 12.7 Å². The van der Waals surface area contributed by atoms with Crippen molar-refractivity contribution in [2.45, 2.75) is 25.8 Å². The molecule has 1 aromatic heterocycles. The van der Waals surface area contributed by atoms with E-state index in [1.165, 1.54) is 17.4 Å². The molecule has 1 N–H and O–H groups in total. The summed E-state index contributed by atoms with van der Waals surface area (Å²) in [6.07, 6.45) is 2.35. The number of hydrogen-bond donors (Lipinski definition) is 1. The van der Waals surface area contributed by atoms with Crippen LogP contribution in [0.25, 0.3) is 0 Å². The van der Waals surface area contributed by atoms with E-state index in [4.69, 9.17) is 4.42 Å². The normalized spacial score (nSPS) is 18.1. The molecule has 2 heterocycles. The lowest BCUT2D eigenvalue weighted by Gasteiger charge is -2.32. The number of carbonyl (C=O) groups is 2. The highest BCUT2D eigenvalue weighted by atomic mass is 19.1. The molecule has 0 radical (unpaired) electrons. The lowest BCUT2D eigenvalue weighted by molar-refractivity contribution is -0.121. The molecule has 120 valence electrons. The van der Waals surface area contributed by atoms with Gasteiger partial charge in [-0.1, -0.05) is 12.1 Å². The van der Waals surface area contributed by atoms with Crippen molar-refractivity contribution in [1.29, 1.82) is 0 Å². The van der Waals surface area contributed by atoms with Gasteiger partial charge in [0.25, 0.3) is 5.91 Å². The molecule has 23 heavy (non-hydrogen) atoms. The molecule has 1 atom stereocenters. The van der Waals surface area contributed by atoms with Crippen LogP contribution in [-0.4, -0.2) is 29.4 Å². The summed E-state index contributed by atoms with van der Waals surface area (Å²) in [5, 5.41) is 2.66. The van der Waals surface area contributed by atoms with Crippen LogP contribution in [0.5, 0.6) is 0 Å². The van der Waals surface area contributed by atoms with Gasteiger partial charge in [0.2, 0.25) is 5.91 Å². The van der Waals surface area contributed by atoms with Gasteiger partial charge in [0.05, 0.1) is 5.69 Å². The smallest absolute Gasteiger partial charge is 0.274 e. The van der Waals surface area contributed by atoms with E-state index in [-0.39, 0.29) is 17.3 Å². The second-order valence-electron chi connectivity index (χ2n) is 5.37. The molecule has 2 amide bonds. The standard InChI is InChI=1S/C16H16FN3O3/c1-10-14(18-9-23-10)15(21)19-12-6-4-8-20(16(12)22)13-7-3-2-5-11(13)17/h2-3,5,7,9,12H,4,6,8H2,1H3,(H,19,21)/t12-/m0/s1. The van der Waals surface area contributed by atoms with E-state index in [1.807, 2.05) is 0 Å². The van der Waals surface area contributed by atoms with Crippen LogP contribution in [0.3, 0.4) is 0 Å². The summed E-state index contributed by atoms with van der Waals surface area (Å²) in [4.78, 5) is 29.9. The Morgan fingerprint density at radius 1 is 1.43 bits per heavy atom. The summed E-state index contributed by atoms with van der Waals surface area (Å²) in [6, 6.07) is 5.40. The maximum Gasteiger partial charge on any atom is 0.274 e. The number of anilines is 1. The molecule has 1 aromatic carbocycles. The summed E-state index contributed by atoms with van der Waals surface area (Å²) < 4.78 is 18.9. The van der Waals surface area contributed by atoms with Gasteiger partial charge in [-0.25, -0.2) is 9.37 Å². The second kappa shape index (κ2) is 6.20. The molecule has 0 aliphatic carbocycles. The third-order valence-corrected chi connectivity index (χ3v) is 3.85. The van der Waals surface area contributed by atoms with Crippen LogP contribution >= 0.6 is 0 Å². The van der Waals surface area contributed by atoms with Crippen LogP contribution in [0.1, 0.15) is 29.1 Å². The molecule has 0 bridgehead atoms. The monoisotopic (exact) mass is 317 g/mol. The van der Waals surface area contributed by atoms with E-state index >= 15 is 0 Å². The molecule has 1 fully saturated rings. The van der Waals surface area contributed by atoms with Crippen molar-refractivity contribution in [1.82, 2.24) is 10.3 Å². The molecule has 1 aliphatic rings. The fourth-order valence-corrected chi connectivity index (χ4v) is 2.67. The first-order valence-corrected chi connectivity index (χ1v) is 7.35. The minimum absolute atomic E-state index is 0.154. The average molecular weight is 317 g/mol. The quantitative estimate of drug-likeness (QED) is 0.940. The number of piperidine rings is 1. The number of nitrogens with one attached hydrogen (secondary N) is 1. The van der Waals surface area contributed by atoms with E-state index < -0.39 is 17.8 Å². The van der Waals surface area contributed by atoms with E-state index in [1.54, 1.807) is 25.1 Å². The lowest BCUT2D eigenvalue weighted by Crippen LogP contribution is -2.52. The number of benzene rings is 1. The van der Waals surface area contributed by atoms with Crippen LogP contribution in [-0.2, 0) is 4.79 Å². The summed E-state index contributed by atoms with van der Waals surface area (Å²) in [6.45, 7) is 2.05. The number of halogens is 1. The van der Waals surface area contributed by atoms with Crippen molar-refractivity contribution in [3.8, 4) is 0 Å². The molecule has 0 spiro atoms. The van der Waals surface area contributed by atoms with Gasteiger partial charge in [0.1, 0.15) is 17.6 Å². The van der Waals surface area contributed by atoms with Gasteiger partial charge in [-0.3, -0.25) is 9.59 Å². The molecule has 0 unspecified atom stereocenters. The van der Waals surface area contributed by atoms with E-state index in [0.29, 0.717) is 25.1 Å². The number of oxazole rings is 1. The summed E-state index contributed by atoms with van der Waals surface area (Å²) in [7, 11) is 0. The lowest BCUT2D eigenvalue weighted by atomic mass is 10.0. The Morgan fingerprint density at radius 3 is 2.91 bits per heavy atom. The number of amides is 2. The number of aryl methyl sites for hydroxylation is 1.